The van der Waals surface area contributed by atoms with Crippen LogP contribution < -0.4 is 21.1 Å². The molecule has 252 valence electrons. The van der Waals surface area contributed by atoms with E-state index in [2.05, 4.69) is 44.6 Å². The number of aromatic nitrogens is 4. The van der Waals surface area contributed by atoms with Crippen molar-refractivity contribution in [3.05, 3.63) is 126 Å². The Bertz CT molecular complexity index is 2230. The van der Waals surface area contributed by atoms with Crippen LogP contribution in [-0.4, -0.2) is 52.3 Å². The summed E-state index contributed by atoms with van der Waals surface area (Å²) >= 11 is 0. The minimum atomic E-state index is -0.934. The summed E-state index contributed by atoms with van der Waals surface area (Å²) in [5.74, 6) is -2.34. The average Bonchev–Trinajstić information content (AvgIpc) is 3.72. The Labute approximate surface area is 282 Å². The summed E-state index contributed by atoms with van der Waals surface area (Å²) in [6.45, 7) is 14.9. The molecule has 0 bridgehead atoms. The lowest BCUT2D eigenvalue weighted by Crippen LogP contribution is -2.23. The van der Waals surface area contributed by atoms with Crippen LogP contribution in [0.3, 0.4) is 0 Å². The summed E-state index contributed by atoms with van der Waals surface area (Å²) in [5.41, 5.74) is 14.1. The molecule has 4 aromatic heterocycles. The summed E-state index contributed by atoms with van der Waals surface area (Å²) in [5, 5.41) is 42.7. The van der Waals surface area contributed by atoms with Crippen molar-refractivity contribution in [3.8, 4) is 11.8 Å². The molecule has 1 aromatic carbocycles. The molecule has 49 heavy (non-hydrogen) atoms. The number of benzene rings is 1. The highest BCUT2D eigenvalue weighted by Gasteiger charge is 2.29. The molecule has 4 heterocycles. The van der Waals surface area contributed by atoms with Gasteiger partial charge in [-0.2, -0.15) is 0 Å². The normalized spacial score (nSPS) is 12.7. The van der Waals surface area contributed by atoms with Crippen molar-refractivity contribution in [2.75, 3.05) is 0 Å². The second-order valence-corrected chi connectivity index (χ2v) is 12.2. The number of hydrogen-bond donors (Lipinski definition) is 8. The summed E-state index contributed by atoms with van der Waals surface area (Å²) in [4.78, 5) is 36.9. The number of carboxylic acid groups (broad SMARTS) is 2. The molecule has 0 atom stereocenters. The number of rotatable bonds is 11. The van der Waals surface area contributed by atoms with E-state index in [-0.39, 0.29) is 37.4 Å². The molecule has 0 aliphatic heterocycles. The molecule has 0 spiro atoms. The third-order valence-corrected chi connectivity index (χ3v) is 9.23. The van der Waals surface area contributed by atoms with E-state index in [1.807, 2.05) is 56.3 Å². The van der Waals surface area contributed by atoms with Crippen LogP contribution in [0.1, 0.15) is 80.5 Å². The van der Waals surface area contributed by atoms with E-state index in [1.165, 1.54) is 0 Å². The van der Waals surface area contributed by atoms with Crippen LogP contribution >= 0.6 is 0 Å². The van der Waals surface area contributed by atoms with Gasteiger partial charge in [-0.3, -0.25) is 9.59 Å². The van der Waals surface area contributed by atoms with E-state index >= 15 is 0 Å². The van der Waals surface area contributed by atoms with Gasteiger partial charge in [0, 0.05) is 57.2 Å². The van der Waals surface area contributed by atoms with Crippen LogP contribution in [0.5, 0.6) is 11.8 Å². The van der Waals surface area contributed by atoms with E-state index in [0.717, 1.165) is 39.2 Å². The SMILES string of the molecule is C=C=c1c(C)c(O)[nH]c1=Cc1[nH]c(C(c2ccccc2)c2[nH]c(C=c3[nH]c(O)c(C)c3=C=C)c(C)c2CCC(=O)O)c(CCC(=O)O)c1C. The molecule has 0 aliphatic rings. The third-order valence-electron chi connectivity index (χ3n) is 9.23. The monoisotopic (exact) mass is 660 g/mol. The minimum Gasteiger partial charge on any atom is -0.494 e. The van der Waals surface area contributed by atoms with Gasteiger partial charge in [-0.05, 0) is 80.5 Å². The summed E-state index contributed by atoms with van der Waals surface area (Å²) in [6, 6.07) is 9.74. The van der Waals surface area contributed by atoms with Gasteiger partial charge in [0.1, 0.15) is 0 Å². The predicted molar refractivity (Wildman–Crippen MR) is 188 cm³/mol. The molecule has 0 fully saturated rings. The van der Waals surface area contributed by atoms with Gasteiger partial charge in [-0.1, -0.05) is 43.5 Å². The Morgan fingerprint density at radius 3 is 1.47 bits per heavy atom. The molecule has 10 nitrogen and oxygen atoms in total. The van der Waals surface area contributed by atoms with Gasteiger partial charge in [0.25, 0.3) is 0 Å². The maximum atomic E-state index is 11.9. The lowest BCUT2D eigenvalue weighted by Gasteiger charge is -2.20. The number of aliphatic carboxylic acids is 2. The van der Waals surface area contributed by atoms with Crippen LogP contribution in [0.25, 0.3) is 23.6 Å². The zero-order valence-corrected chi connectivity index (χ0v) is 28.0. The second kappa shape index (κ2) is 14.0. The zero-order valence-electron chi connectivity index (χ0n) is 28.0. The molecule has 0 saturated carbocycles. The summed E-state index contributed by atoms with van der Waals surface area (Å²) in [7, 11) is 0. The Kier molecular flexibility index (Phi) is 9.76. The predicted octanol–water partition coefficient (Wildman–Crippen LogP) is 3.65. The molecule has 0 amide bonds. The number of aromatic hydroxyl groups is 2. The first kappa shape index (κ1) is 34.3. The standard InChI is InChI=1S/C39H40N4O6/c1-7-25-22(5)38(48)42-31(25)18-29-20(3)27(14-16-33(44)45)36(40-29)35(24-12-10-9-11-13-24)37-28(15-17-34(46)47)21(4)30(41-37)19-32-26(8-2)23(6)39(49)43-32/h9-13,18-19,35,40-43,48-49H,1-2,14-17H2,3-6H3,(H,44,45)(H,46,47). The van der Waals surface area contributed by atoms with Gasteiger partial charge in [-0.15, -0.1) is 11.5 Å². The van der Waals surface area contributed by atoms with Crippen molar-refractivity contribution in [2.45, 2.75) is 59.3 Å². The molecule has 8 N–H and O–H groups in total. The molecule has 5 aromatic rings. The number of aromatic amines is 4. The number of H-pyrrole nitrogens is 4. The Morgan fingerprint density at radius 2 is 1.10 bits per heavy atom. The zero-order chi connectivity index (χ0) is 35.6. The smallest absolute Gasteiger partial charge is 0.303 e. The van der Waals surface area contributed by atoms with Crippen molar-refractivity contribution in [1.82, 2.24) is 19.9 Å². The Hall–Kier alpha value is -6.08. The Morgan fingerprint density at radius 1 is 0.694 bits per heavy atom. The number of carboxylic acids is 2. The summed E-state index contributed by atoms with van der Waals surface area (Å²) < 4.78 is 0. The van der Waals surface area contributed by atoms with Gasteiger partial charge >= 0.3 is 11.9 Å². The van der Waals surface area contributed by atoms with Crippen LogP contribution in [0.4, 0.5) is 0 Å². The van der Waals surface area contributed by atoms with Gasteiger partial charge < -0.3 is 40.4 Å². The summed E-state index contributed by atoms with van der Waals surface area (Å²) in [6.07, 6.45) is 3.97. The largest absolute Gasteiger partial charge is 0.494 e. The van der Waals surface area contributed by atoms with E-state index in [4.69, 9.17) is 0 Å². The molecule has 0 radical (unpaired) electrons. The van der Waals surface area contributed by atoms with Crippen molar-refractivity contribution < 1.29 is 30.0 Å². The maximum Gasteiger partial charge on any atom is 0.303 e. The molecular weight excluding hydrogens is 620 g/mol. The van der Waals surface area contributed by atoms with E-state index in [0.29, 0.717) is 43.7 Å². The van der Waals surface area contributed by atoms with Crippen molar-refractivity contribution in [2.24, 2.45) is 0 Å². The van der Waals surface area contributed by atoms with E-state index in [9.17, 15) is 30.0 Å². The maximum absolute atomic E-state index is 11.9. The lowest BCUT2D eigenvalue weighted by molar-refractivity contribution is -0.138. The van der Waals surface area contributed by atoms with Crippen LogP contribution in [0.2, 0.25) is 0 Å². The molecule has 10 heteroatoms. The number of hydrogen-bond acceptors (Lipinski definition) is 4. The van der Waals surface area contributed by atoms with E-state index < -0.39 is 17.9 Å². The van der Waals surface area contributed by atoms with Crippen molar-refractivity contribution in [3.63, 3.8) is 0 Å². The topological polar surface area (TPSA) is 178 Å². The quantitative estimate of drug-likeness (QED) is 0.107. The van der Waals surface area contributed by atoms with Gasteiger partial charge in [-0.25, -0.2) is 0 Å². The van der Waals surface area contributed by atoms with Gasteiger partial charge in [0.2, 0.25) is 0 Å². The fourth-order valence-electron chi connectivity index (χ4n) is 6.54. The first-order valence-electron chi connectivity index (χ1n) is 15.9. The number of carbonyl (C=O) groups is 2. The molecular formula is C39H40N4O6. The third kappa shape index (κ3) is 6.69. The van der Waals surface area contributed by atoms with Crippen LogP contribution in [-0.2, 0) is 22.4 Å². The first-order valence-corrected chi connectivity index (χ1v) is 15.9. The van der Waals surface area contributed by atoms with Crippen LogP contribution in [0, 0.1) is 27.7 Å². The highest BCUT2D eigenvalue weighted by Crippen LogP contribution is 2.39. The lowest BCUT2D eigenvalue weighted by atomic mass is 9.85. The fourth-order valence-corrected chi connectivity index (χ4v) is 6.54. The van der Waals surface area contributed by atoms with E-state index in [1.54, 1.807) is 13.8 Å². The van der Waals surface area contributed by atoms with Crippen LogP contribution in [0.15, 0.2) is 43.5 Å². The minimum absolute atomic E-state index is 0.00611. The molecule has 5 rings (SSSR count). The van der Waals surface area contributed by atoms with Gasteiger partial charge in [0.15, 0.2) is 11.8 Å². The highest BCUT2D eigenvalue weighted by molar-refractivity contribution is 5.69. The second-order valence-electron chi connectivity index (χ2n) is 12.2. The van der Waals surface area contributed by atoms with Crippen molar-refractivity contribution in [1.29, 1.82) is 0 Å². The first-order chi connectivity index (χ1) is 23.4. The van der Waals surface area contributed by atoms with Crippen molar-refractivity contribution >= 4 is 35.6 Å². The number of nitrogens with one attached hydrogen (secondary N) is 4. The molecule has 0 unspecified atom stereocenters. The molecule has 0 saturated heterocycles. The highest BCUT2D eigenvalue weighted by atomic mass is 16.4. The van der Waals surface area contributed by atoms with Gasteiger partial charge in [0.05, 0.1) is 16.6 Å². The molecule has 0 aliphatic carbocycles. The fraction of sp³-hybridized carbons (Fsp3) is 0.231. The average molecular weight is 661 g/mol. The Balaban J connectivity index is 1.85.